The number of nitrogens with zero attached hydrogens (tertiary/aromatic N) is 3. The van der Waals surface area contributed by atoms with Gasteiger partial charge in [0.15, 0.2) is 0 Å². The number of nitrogens with one attached hydrogen (secondary N) is 1. The molecule has 0 spiro atoms. The Hall–Kier alpha value is -1.70. The molecule has 1 aromatic rings. The second-order valence-corrected chi connectivity index (χ2v) is 8.99. The number of likely N-dealkylation sites (tertiary alicyclic amines) is 1. The van der Waals surface area contributed by atoms with E-state index in [1.54, 1.807) is 13.1 Å². The Morgan fingerprint density at radius 2 is 2.00 bits per heavy atom. The van der Waals surface area contributed by atoms with Crippen molar-refractivity contribution >= 4 is 35.3 Å². The molecule has 2 aliphatic rings. The van der Waals surface area contributed by atoms with Gasteiger partial charge in [-0.15, -0.1) is 0 Å². The highest BCUT2D eigenvalue weighted by molar-refractivity contribution is 6.42. The van der Waals surface area contributed by atoms with Gasteiger partial charge in [0, 0.05) is 51.7 Å². The van der Waals surface area contributed by atoms with Gasteiger partial charge in [-0.3, -0.25) is 0 Å². The molecule has 1 aromatic carbocycles. The molecule has 2 heterocycles. The van der Waals surface area contributed by atoms with Gasteiger partial charge in [-0.2, -0.15) is 0 Å². The smallest absolute Gasteiger partial charge is 0.407 e. The third kappa shape index (κ3) is 5.93. The van der Waals surface area contributed by atoms with Crippen LogP contribution in [0, 0.1) is 0 Å². The van der Waals surface area contributed by atoms with Crippen LogP contribution in [0.4, 0.5) is 9.59 Å². The van der Waals surface area contributed by atoms with E-state index in [1.807, 2.05) is 17.0 Å². The maximum absolute atomic E-state index is 12.1. The molecule has 2 fully saturated rings. The fraction of sp³-hybridized carbons (Fsp3) is 0.619. The molecule has 0 radical (unpaired) electrons. The zero-order valence-corrected chi connectivity index (χ0v) is 18.8. The molecule has 0 aliphatic carbocycles. The number of rotatable bonds is 7. The van der Waals surface area contributed by atoms with Gasteiger partial charge >= 0.3 is 12.1 Å². The molecule has 2 N–H and O–H groups in total. The van der Waals surface area contributed by atoms with Crippen LogP contribution in [0.3, 0.4) is 0 Å². The highest BCUT2D eigenvalue weighted by Crippen LogP contribution is 2.29. The van der Waals surface area contributed by atoms with Gasteiger partial charge in [-0.1, -0.05) is 29.3 Å². The van der Waals surface area contributed by atoms with Crippen molar-refractivity contribution in [2.75, 3.05) is 46.3 Å². The van der Waals surface area contributed by atoms with E-state index in [2.05, 4.69) is 10.2 Å². The summed E-state index contributed by atoms with van der Waals surface area (Å²) in [6.45, 7) is 4.77. The van der Waals surface area contributed by atoms with Crippen LogP contribution in [0.2, 0.25) is 10.0 Å². The van der Waals surface area contributed by atoms with Crippen molar-refractivity contribution in [1.82, 2.24) is 20.0 Å². The lowest BCUT2D eigenvalue weighted by atomic mass is 9.94. The molecule has 30 heavy (non-hydrogen) atoms. The number of amides is 3. The van der Waals surface area contributed by atoms with E-state index < -0.39 is 6.09 Å². The summed E-state index contributed by atoms with van der Waals surface area (Å²) in [5.74, 6) is 0.0338. The lowest BCUT2D eigenvalue weighted by molar-refractivity contribution is 0.109. The first-order valence-corrected chi connectivity index (χ1v) is 11.3. The van der Waals surface area contributed by atoms with E-state index in [4.69, 9.17) is 23.2 Å². The summed E-state index contributed by atoms with van der Waals surface area (Å²) in [5, 5.41) is 13.2. The fourth-order valence-electron chi connectivity index (χ4n) is 4.33. The summed E-state index contributed by atoms with van der Waals surface area (Å²) in [7, 11) is 1.59. The number of hydrogen-bond donors (Lipinski definition) is 2. The number of hydrogen-bond acceptors (Lipinski definition) is 3. The molecule has 1 atom stereocenters. The lowest BCUT2D eigenvalue weighted by Crippen LogP contribution is -2.54. The molecule has 3 rings (SSSR count). The van der Waals surface area contributed by atoms with Crippen molar-refractivity contribution in [3.8, 4) is 0 Å². The lowest BCUT2D eigenvalue weighted by Gasteiger charge is -2.40. The monoisotopic (exact) mass is 456 g/mol. The number of carboxylic acid groups (broad SMARTS) is 1. The van der Waals surface area contributed by atoms with Crippen LogP contribution in [0.25, 0.3) is 0 Å². The number of likely N-dealkylation sites (N-methyl/N-ethyl adjacent to an activating group) is 1. The Morgan fingerprint density at radius 1 is 1.27 bits per heavy atom. The maximum atomic E-state index is 12.1. The Morgan fingerprint density at radius 3 is 2.63 bits per heavy atom. The SMILES string of the molecule is CN(C[C@@H](CCN1CCC(N2CCCNC2=O)CC1)c1ccc(Cl)c(Cl)c1)C(=O)O. The van der Waals surface area contributed by atoms with Gasteiger partial charge in [0.05, 0.1) is 10.0 Å². The van der Waals surface area contributed by atoms with Gasteiger partial charge in [0.1, 0.15) is 0 Å². The number of piperidine rings is 1. The molecule has 0 unspecified atom stereocenters. The van der Waals surface area contributed by atoms with Gasteiger partial charge in [0.2, 0.25) is 0 Å². The summed E-state index contributed by atoms with van der Waals surface area (Å²) in [6.07, 6.45) is 2.83. The quantitative estimate of drug-likeness (QED) is 0.650. The van der Waals surface area contributed by atoms with Crippen LogP contribution in [-0.2, 0) is 0 Å². The molecule has 3 amide bonds. The minimum Gasteiger partial charge on any atom is -0.465 e. The van der Waals surface area contributed by atoms with E-state index in [9.17, 15) is 14.7 Å². The number of carbonyl (C=O) groups excluding carboxylic acids is 1. The van der Waals surface area contributed by atoms with E-state index in [0.29, 0.717) is 22.6 Å². The first-order chi connectivity index (χ1) is 14.3. The molecule has 0 saturated carbocycles. The molecule has 0 bridgehead atoms. The van der Waals surface area contributed by atoms with Crippen molar-refractivity contribution in [1.29, 1.82) is 0 Å². The maximum Gasteiger partial charge on any atom is 0.407 e. The minimum absolute atomic E-state index is 0.0338. The van der Waals surface area contributed by atoms with Crippen molar-refractivity contribution in [3.05, 3.63) is 33.8 Å². The molecule has 2 aliphatic heterocycles. The van der Waals surface area contributed by atoms with E-state index in [0.717, 1.165) is 64.0 Å². The third-order valence-corrected chi connectivity index (χ3v) is 6.88. The topological polar surface area (TPSA) is 76.1 Å². The van der Waals surface area contributed by atoms with Gasteiger partial charge in [-0.25, -0.2) is 9.59 Å². The number of benzene rings is 1. The second kappa shape index (κ2) is 10.6. The third-order valence-electron chi connectivity index (χ3n) is 6.14. The fourth-order valence-corrected chi connectivity index (χ4v) is 4.63. The first kappa shape index (κ1) is 23.0. The van der Waals surface area contributed by atoms with Crippen molar-refractivity contribution in [3.63, 3.8) is 0 Å². The number of halogens is 2. The number of carbonyl (C=O) groups is 2. The Kier molecular flexibility index (Phi) is 8.08. The zero-order chi connectivity index (χ0) is 21.7. The molecule has 2 saturated heterocycles. The molecular formula is C21H30Cl2N4O3. The molecule has 7 nitrogen and oxygen atoms in total. The predicted molar refractivity (Wildman–Crippen MR) is 119 cm³/mol. The number of urea groups is 1. The Balaban J connectivity index is 1.56. The highest BCUT2D eigenvalue weighted by atomic mass is 35.5. The van der Waals surface area contributed by atoms with Crippen LogP contribution in [0.1, 0.15) is 37.2 Å². The van der Waals surface area contributed by atoms with Gasteiger partial charge in [0.25, 0.3) is 0 Å². The molecule has 0 aromatic heterocycles. The summed E-state index contributed by atoms with van der Waals surface area (Å²) in [4.78, 5) is 29.1. The summed E-state index contributed by atoms with van der Waals surface area (Å²) in [5.41, 5.74) is 0.998. The average molecular weight is 457 g/mol. The van der Waals surface area contributed by atoms with Crippen LogP contribution in [0.15, 0.2) is 18.2 Å². The van der Waals surface area contributed by atoms with Crippen LogP contribution in [-0.4, -0.2) is 84.3 Å². The van der Waals surface area contributed by atoms with E-state index in [-0.39, 0.29) is 11.9 Å². The van der Waals surface area contributed by atoms with Gasteiger partial charge < -0.3 is 25.1 Å². The second-order valence-electron chi connectivity index (χ2n) is 8.17. The minimum atomic E-state index is -0.944. The van der Waals surface area contributed by atoms with Crippen LogP contribution >= 0.6 is 23.2 Å². The average Bonchev–Trinajstić information content (AvgIpc) is 2.73. The molecular weight excluding hydrogens is 427 g/mol. The highest BCUT2D eigenvalue weighted by Gasteiger charge is 2.29. The molecule has 9 heteroatoms. The van der Waals surface area contributed by atoms with Crippen LogP contribution < -0.4 is 5.32 Å². The first-order valence-electron chi connectivity index (χ1n) is 10.5. The van der Waals surface area contributed by atoms with Crippen molar-refractivity contribution in [2.45, 2.75) is 37.6 Å². The normalized spacial score (nSPS) is 19.4. The summed E-state index contributed by atoms with van der Waals surface area (Å²) < 4.78 is 0. The summed E-state index contributed by atoms with van der Waals surface area (Å²) >= 11 is 12.2. The zero-order valence-electron chi connectivity index (χ0n) is 17.3. The standard InChI is InChI=1S/C21H30Cl2N4O3/c1-25(21(29)30)14-16(15-3-4-18(22)19(23)13-15)5-10-26-11-6-17(7-12-26)27-9-2-8-24-20(27)28/h3-4,13,16-17H,2,5-12,14H2,1H3,(H,24,28)(H,29,30)/t16-/m1/s1. The summed E-state index contributed by atoms with van der Waals surface area (Å²) in [6, 6.07) is 5.91. The largest absolute Gasteiger partial charge is 0.465 e. The van der Waals surface area contributed by atoms with Crippen LogP contribution in [0.5, 0.6) is 0 Å². The molecule has 166 valence electrons. The van der Waals surface area contributed by atoms with E-state index in [1.165, 1.54) is 4.90 Å². The van der Waals surface area contributed by atoms with Crippen molar-refractivity contribution < 1.29 is 14.7 Å². The van der Waals surface area contributed by atoms with E-state index >= 15 is 0 Å². The van der Waals surface area contributed by atoms with Crippen molar-refractivity contribution in [2.24, 2.45) is 0 Å². The Bertz CT molecular complexity index is 756. The van der Waals surface area contributed by atoms with Gasteiger partial charge in [-0.05, 0) is 49.9 Å². The predicted octanol–water partition coefficient (Wildman–Crippen LogP) is 3.96. The Labute approximate surface area is 187 Å².